The van der Waals surface area contributed by atoms with Gasteiger partial charge >= 0.3 is 5.97 Å². The van der Waals surface area contributed by atoms with Gasteiger partial charge in [-0.1, -0.05) is 12.1 Å². The molecule has 1 unspecified atom stereocenters. The van der Waals surface area contributed by atoms with Crippen LogP contribution in [0.5, 0.6) is 0 Å². The number of likely N-dealkylation sites (tertiary alicyclic amines) is 1. The summed E-state index contributed by atoms with van der Waals surface area (Å²) in [5.74, 6) is -0.793. The molecule has 1 saturated heterocycles. The van der Waals surface area contributed by atoms with Crippen LogP contribution in [0.3, 0.4) is 0 Å². The predicted octanol–water partition coefficient (Wildman–Crippen LogP) is 1.72. The van der Waals surface area contributed by atoms with E-state index in [-0.39, 0.29) is 17.4 Å². The quantitative estimate of drug-likeness (QED) is 0.845. The molecule has 1 aliphatic rings. The molecular formula is C13H15NO3. The number of nitrogens with zero attached hydrogens (tertiary/aromatic N) is 1. The number of Topliss-reactive ketones (excluding diaryl/α,β-unsaturated/α-hetero) is 1. The van der Waals surface area contributed by atoms with Gasteiger partial charge in [0.2, 0.25) is 0 Å². The zero-order chi connectivity index (χ0) is 12.4. The molecule has 0 spiro atoms. The zero-order valence-corrected chi connectivity index (χ0v) is 9.72. The molecule has 1 aromatic rings. The number of carboxylic acid groups (broad SMARTS) is 1. The van der Waals surface area contributed by atoms with E-state index in [1.54, 1.807) is 18.2 Å². The van der Waals surface area contributed by atoms with Crippen LogP contribution in [0.15, 0.2) is 24.3 Å². The maximum Gasteiger partial charge on any atom is 0.335 e. The lowest BCUT2D eigenvalue weighted by atomic mass is 9.93. The standard InChI is InChI=1S/C13H15NO3/c1-14-7-3-6-11(15)12(14)9-4-2-5-10(8-9)13(16)17/h2,4-5,8,12H,3,6-7H2,1H3,(H,16,17). The SMILES string of the molecule is CN1CCCC(=O)C1c1cccc(C(=O)O)c1. The first-order chi connectivity index (χ1) is 8.09. The Labute approximate surface area is 99.9 Å². The summed E-state index contributed by atoms with van der Waals surface area (Å²) in [5.41, 5.74) is 1.01. The van der Waals surface area contributed by atoms with Crippen molar-refractivity contribution in [2.75, 3.05) is 13.6 Å². The van der Waals surface area contributed by atoms with Crippen LogP contribution in [0.4, 0.5) is 0 Å². The molecule has 0 aliphatic carbocycles. The molecule has 1 atom stereocenters. The van der Waals surface area contributed by atoms with Crippen molar-refractivity contribution < 1.29 is 14.7 Å². The Morgan fingerprint density at radius 2 is 2.24 bits per heavy atom. The lowest BCUT2D eigenvalue weighted by molar-refractivity contribution is -0.126. The number of likely N-dealkylation sites (N-methyl/N-ethyl adjacent to an activating group) is 1. The van der Waals surface area contributed by atoms with E-state index in [1.807, 2.05) is 18.0 Å². The number of rotatable bonds is 2. The van der Waals surface area contributed by atoms with Crippen LogP contribution in [-0.2, 0) is 4.79 Å². The van der Waals surface area contributed by atoms with Gasteiger partial charge in [0.15, 0.2) is 5.78 Å². The summed E-state index contributed by atoms with van der Waals surface area (Å²) < 4.78 is 0. The van der Waals surface area contributed by atoms with Gasteiger partial charge in [0.05, 0.1) is 11.6 Å². The van der Waals surface area contributed by atoms with E-state index in [9.17, 15) is 9.59 Å². The number of carbonyl (C=O) groups is 2. The Morgan fingerprint density at radius 1 is 1.47 bits per heavy atom. The first-order valence-electron chi connectivity index (χ1n) is 5.66. The maximum atomic E-state index is 11.9. The summed E-state index contributed by atoms with van der Waals surface area (Å²) in [7, 11) is 1.90. The van der Waals surface area contributed by atoms with E-state index in [1.165, 1.54) is 0 Å². The van der Waals surface area contributed by atoms with Crippen LogP contribution >= 0.6 is 0 Å². The normalized spacial score (nSPS) is 21.5. The van der Waals surface area contributed by atoms with E-state index >= 15 is 0 Å². The number of aromatic carboxylic acids is 1. The largest absolute Gasteiger partial charge is 0.478 e. The van der Waals surface area contributed by atoms with E-state index in [2.05, 4.69) is 0 Å². The van der Waals surface area contributed by atoms with Crippen LogP contribution in [0.25, 0.3) is 0 Å². The summed E-state index contributed by atoms with van der Waals surface area (Å²) >= 11 is 0. The van der Waals surface area contributed by atoms with Crippen LogP contribution in [0.2, 0.25) is 0 Å². The molecule has 0 amide bonds. The smallest absolute Gasteiger partial charge is 0.335 e. The highest BCUT2D eigenvalue weighted by Gasteiger charge is 2.28. The van der Waals surface area contributed by atoms with Gasteiger partial charge in [-0.25, -0.2) is 4.79 Å². The molecule has 1 aliphatic heterocycles. The second-order valence-electron chi connectivity index (χ2n) is 4.38. The Kier molecular flexibility index (Phi) is 3.24. The summed E-state index contributed by atoms with van der Waals surface area (Å²) in [6.07, 6.45) is 1.46. The summed E-state index contributed by atoms with van der Waals surface area (Å²) in [6.45, 7) is 0.869. The Bertz CT molecular complexity index is 456. The molecule has 1 fully saturated rings. The first kappa shape index (κ1) is 11.8. The van der Waals surface area contributed by atoms with Gasteiger partial charge in [-0.05, 0) is 37.7 Å². The Morgan fingerprint density at radius 3 is 2.88 bits per heavy atom. The van der Waals surface area contributed by atoms with E-state index in [4.69, 9.17) is 5.11 Å². The highest BCUT2D eigenvalue weighted by atomic mass is 16.4. The van der Waals surface area contributed by atoms with Gasteiger partial charge in [0, 0.05) is 6.42 Å². The van der Waals surface area contributed by atoms with Gasteiger partial charge < -0.3 is 5.11 Å². The third-order valence-corrected chi connectivity index (χ3v) is 3.13. The van der Waals surface area contributed by atoms with Crippen molar-refractivity contribution in [2.45, 2.75) is 18.9 Å². The summed E-state index contributed by atoms with van der Waals surface area (Å²) in [5, 5.41) is 8.94. The van der Waals surface area contributed by atoms with Gasteiger partial charge in [0.25, 0.3) is 0 Å². The number of benzene rings is 1. The first-order valence-corrected chi connectivity index (χ1v) is 5.66. The molecule has 1 aromatic carbocycles. The molecule has 0 saturated carbocycles. The number of piperidine rings is 1. The van der Waals surface area contributed by atoms with Crippen molar-refractivity contribution in [2.24, 2.45) is 0 Å². The molecule has 4 heteroatoms. The van der Waals surface area contributed by atoms with Crippen molar-refractivity contribution >= 4 is 11.8 Å². The van der Waals surface area contributed by atoms with Crippen LogP contribution < -0.4 is 0 Å². The lowest BCUT2D eigenvalue weighted by Crippen LogP contribution is -2.36. The molecule has 17 heavy (non-hydrogen) atoms. The second-order valence-corrected chi connectivity index (χ2v) is 4.38. The van der Waals surface area contributed by atoms with Crippen molar-refractivity contribution in [3.05, 3.63) is 35.4 Å². The molecule has 0 bridgehead atoms. The van der Waals surface area contributed by atoms with Crippen molar-refractivity contribution in [1.29, 1.82) is 0 Å². The number of hydrogen-bond donors (Lipinski definition) is 1. The van der Waals surface area contributed by atoms with E-state index in [0.717, 1.165) is 18.5 Å². The second kappa shape index (κ2) is 4.67. The number of carbonyl (C=O) groups excluding carboxylic acids is 1. The fourth-order valence-corrected chi connectivity index (χ4v) is 2.30. The molecule has 2 rings (SSSR count). The topological polar surface area (TPSA) is 57.6 Å². The maximum absolute atomic E-state index is 11.9. The third-order valence-electron chi connectivity index (χ3n) is 3.13. The van der Waals surface area contributed by atoms with Gasteiger partial charge in [-0.3, -0.25) is 9.69 Å². The van der Waals surface area contributed by atoms with Gasteiger partial charge in [-0.15, -0.1) is 0 Å². The van der Waals surface area contributed by atoms with E-state index < -0.39 is 5.97 Å². The van der Waals surface area contributed by atoms with Crippen molar-refractivity contribution in [3.63, 3.8) is 0 Å². The minimum Gasteiger partial charge on any atom is -0.478 e. The minimum atomic E-state index is -0.960. The average Bonchev–Trinajstić information content (AvgIpc) is 2.29. The molecule has 1 N–H and O–H groups in total. The van der Waals surface area contributed by atoms with E-state index in [0.29, 0.717) is 6.42 Å². The molecule has 4 nitrogen and oxygen atoms in total. The van der Waals surface area contributed by atoms with Crippen LogP contribution in [-0.4, -0.2) is 35.4 Å². The molecule has 0 aromatic heterocycles. The minimum absolute atomic E-state index is 0.168. The Balaban J connectivity index is 2.35. The average molecular weight is 233 g/mol. The highest BCUT2D eigenvalue weighted by Crippen LogP contribution is 2.27. The van der Waals surface area contributed by atoms with Crippen molar-refractivity contribution in [3.8, 4) is 0 Å². The number of carboxylic acids is 1. The lowest BCUT2D eigenvalue weighted by Gasteiger charge is -2.31. The van der Waals surface area contributed by atoms with Crippen LogP contribution in [0.1, 0.15) is 34.8 Å². The van der Waals surface area contributed by atoms with Gasteiger partial charge in [-0.2, -0.15) is 0 Å². The zero-order valence-electron chi connectivity index (χ0n) is 9.72. The predicted molar refractivity (Wildman–Crippen MR) is 63.0 cm³/mol. The Hall–Kier alpha value is -1.68. The van der Waals surface area contributed by atoms with Crippen LogP contribution in [0, 0.1) is 0 Å². The number of hydrogen-bond acceptors (Lipinski definition) is 3. The third kappa shape index (κ3) is 2.36. The highest BCUT2D eigenvalue weighted by molar-refractivity contribution is 5.89. The fourth-order valence-electron chi connectivity index (χ4n) is 2.30. The van der Waals surface area contributed by atoms with Crippen molar-refractivity contribution in [1.82, 2.24) is 4.90 Å². The summed E-state index contributed by atoms with van der Waals surface area (Å²) in [4.78, 5) is 24.8. The monoisotopic (exact) mass is 233 g/mol. The van der Waals surface area contributed by atoms with Gasteiger partial charge in [0.1, 0.15) is 0 Å². The molecule has 90 valence electrons. The molecule has 1 heterocycles. The molecular weight excluding hydrogens is 218 g/mol. The summed E-state index contributed by atoms with van der Waals surface area (Å²) in [6, 6.07) is 6.35. The number of ketones is 1. The fraction of sp³-hybridized carbons (Fsp3) is 0.385. The molecule has 0 radical (unpaired) electrons.